The summed E-state index contributed by atoms with van der Waals surface area (Å²) in [5, 5.41) is 0. The van der Waals surface area contributed by atoms with Crippen LogP contribution in [0.2, 0.25) is 0 Å². The fourth-order valence-corrected chi connectivity index (χ4v) is 2.69. The Kier molecular flexibility index (Phi) is 6.52. The molecule has 1 unspecified atom stereocenters. The fraction of sp³-hybridized carbons (Fsp3) is 0.368. The lowest BCUT2D eigenvalue weighted by Crippen LogP contribution is -2.24. The summed E-state index contributed by atoms with van der Waals surface area (Å²) in [6.45, 7) is 1.83. The number of benzene rings is 2. The number of rotatable bonds is 7. The Morgan fingerprint density at radius 2 is 1.54 bits per heavy atom. The van der Waals surface area contributed by atoms with Gasteiger partial charge in [-0.3, -0.25) is 0 Å². The van der Waals surface area contributed by atoms with Gasteiger partial charge in [0.15, 0.2) is 6.29 Å². The quantitative estimate of drug-likeness (QED) is 0.609. The Morgan fingerprint density at radius 3 is 2.21 bits per heavy atom. The smallest absolute Gasteiger partial charge is 0.157 e. The SMILES string of the molecule is Brc1ccc(Oc2ccc(OCCOC3CCCCO3)cc2)cc1. The molecule has 1 heterocycles. The molecule has 1 saturated heterocycles. The van der Waals surface area contributed by atoms with Gasteiger partial charge in [0.1, 0.15) is 23.9 Å². The molecule has 4 nitrogen and oxygen atoms in total. The zero-order chi connectivity index (χ0) is 16.6. The van der Waals surface area contributed by atoms with Gasteiger partial charge in [0.05, 0.1) is 6.61 Å². The summed E-state index contributed by atoms with van der Waals surface area (Å²) in [5.41, 5.74) is 0. The van der Waals surface area contributed by atoms with Gasteiger partial charge in [-0.15, -0.1) is 0 Å². The van der Waals surface area contributed by atoms with Crippen molar-refractivity contribution in [3.05, 3.63) is 53.0 Å². The van der Waals surface area contributed by atoms with Gasteiger partial charge < -0.3 is 18.9 Å². The first-order valence-corrected chi connectivity index (χ1v) is 8.98. The van der Waals surface area contributed by atoms with E-state index in [0.717, 1.165) is 41.2 Å². The average molecular weight is 393 g/mol. The minimum absolute atomic E-state index is 0.0657. The number of halogens is 1. The van der Waals surface area contributed by atoms with Gasteiger partial charge in [0.2, 0.25) is 0 Å². The highest BCUT2D eigenvalue weighted by Crippen LogP contribution is 2.25. The second-order valence-electron chi connectivity index (χ2n) is 5.54. The van der Waals surface area contributed by atoms with Crippen molar-refractivity contribution in [1.82, 2.24) is 0 Å². The minimum atomic E-state index is -0.0657. The topological polar surface area (TPSA) is 36.9 Å². The van der Waals surface area contributed by atoms with Gasteiger partial charge in [-0.25, -0.2) is 0 Å². The predicted molar refractivity (Wildman–Crippen MR) is 95.7 cm³/mol. The molecular formula is C19H21BrO4. The fourth-order valence-electron chi connectivity index (χ4n) is 2.42. The highest BCUT2D eigenvalue weighted by Gasteiger charge is 2.13. The third-order valence-corrected chi connectivity index (χ3v) is 4.20. The summed E-state index contributed by atoms with van der Waals surface area (Å²) in [4.78, 5) is 0. The molecule has 0 N–H and O–H groups in total. The van der Waals surface area contributed by atoms with Crippen LogP contribution in [-0.4, -0.2) is 26.1 Å². The molecule has 0 bridgehead atoms. The van der Waals surface area contributed by atoms with Crippen LogP contribution >= 0.6 is 15.9 Å². The van der Waals surface area contributed by atoms with Gasteiger partial charge >= 0.3 is 0 Å². The molecule has 1 atom stereocenters. The zero-order valence-corrected chi connectivity index (χ0v) is 15.0. The van der Waals surface area contributed by atoms with Crippen LogP contribution < -0.4 is 9.47 Å². The zero-order valence-electron chi connectivity index (χ0n) is 13.4. The van der Waals surface area contributed by atoms with Crippen molar-refractivity contribution in [3.8, 4) is 17.2 Å². The van der Waals surface area contributed by atoms with Crippen LogP contribution in [-0.2, 0) is 9.47 Å². The van der Waals surface area contributed by atoms with E-state index in [1.165, 1.54) is 6.42 Å². The van der Waals surface area contributed by atoms with E-state index in [9.17, 15) is 0 Å². The molecule has 0 spiro atoms. The summed E-state index contributed by atoms with van der Waals surface area (Å²) in [7, 11) is 0. The summed E-state index contributed by atoms with van der Waals surface area (Å²) in [5.74, 6) is 2.37. The lowest BCUT2D eigenvalue weighted by Gasteiger charge is -2.22. The van der Waals surface area contributed by atoms with Crippen molar-refractivity contribution >= 4 is 15.9 Å². The van der Waals surface area contributed by atoms with E-state index in [2.05, 4.69) is 15.9 Å². The molecular weight excluding hydrogens is 372 g/mol. The second kappa shape index (κ2) is 9.06. The summed E-state index contributed by atoms with van der Waals surface area (Å²) >= 11 is 3.41. The summed E-state index contributed by atoms with van der Waals surface area (Å²) < 4.78 is 23.6. The third-order valence-electron chi connectivity index (χ3n) is 3.67. The Balaban J connectivity index is 1.40. The monoisotopic (exact) mass is 392 g/mol. The molecule has 1 aliphatic heterocycles. The van der Waals surface area contributed by atoms with Crippen molar-refractivity contribution in [2.24, 2.45) is 0 Å². The van der Waals surface area contributed by atoms with Gasteiger partial charge in [-0.05, 0) is 67.8 Å². The van der Waals surface area contributed by atoms with Crippen LogP contribution in [0.5, 0.6) is 17.2 Å². The molecule has 0 aliphatic carbocycles. The highest BCUT2D eigenvalue weighted by molar-refractivity contribution is 9.10. The third kappa shape index (κ3) is 5.51. The second-order valence-corrected chi connectivity index (χ2v) is 6.46. The van der Waals surface area contributed by atoms with Crippen molar-refractivity contribution in [2.75, 3.05) is 19.8 Å². The first kappa shape index (κ1) is 17.3. The standard InChI is InChI=1S/C19H21BrO4/c20-15-4-6-17(7-5-15)24-18-10-8-16(9-11-18)21-13-14-23-19-3-1-2-12-22-19/h4-11,19H,1-3,12-14H2. The van der Waals surface area contributed by atoms with Crippen LogP contribution in [0.25, 0.3) is 0 Å². The molecule has 0 radical (unpaired) electrons. The molecule has 2 aromatic carbocycles. The van der Waals surface area contributed by atoms with E-state index in [0.29, 0.717) is 13.2 Å². The van der Waals surface area contributed by atoms with Crippen LogP contribution in [0, 0.1) is 0 Å². The van der Waals surface area contributed by atoms with Gasteiger partial charge in [0, 0.05) is 11.1 Å². The Labute approximate surface area is 150 Å². The number of ether oxygens (including phenoxy) is 4. The largest absolute Gasteiger partial charge is 0.491 e. The molecule has 1 fully saturated rings. The van der Waals surface area contributed by atoms with Gasteiger partial charge in [-0.2, -0.15) is 0 Å². The van der Waals surface area contributed by atoms with Crippen molar-refractivity contribution in [3.63, 3.8) is 0 Å². The normalized spacial score (nSPS) is 17.5. The molecule has 24 heavy (non-hydrogen) atoms. The first-order chi connectivity index (χ1) is 11.8. The Bertz CT molecular complexity index is 606. The lowest BCUT2D eigenvalue weighted by atomic mass is 10.2. The molecule has 3 rings (SSSR count). The van der Waals surface area contributed by atoms with Crippen molar-refractivity contribution in [2.45, 2.75) is 25.6 Å². The van der Waals surface area contributed by atoms with E-state index >= 15 is 0 Å². The maximum Gasteiger partial charge on any atom is 0.157 e. The van der Waals surface area contributed by atoms with E-state index in [-0.39, 0.29) is 6.29 Å². The Morgan fingerprint density at radius 1 is 0.875 bits per heavy atom. The highest BCUT2D eigenvalue weighted by atomic mass is 79.9. The van der Waals surface area contributed by atoms with Crippen LogP contribution in [0.4, 0.5) is 0 Å². The lowest BCUT2D eigenvalue weighted by molar-refractivity contribution is -0.165. The summed E-state index contributed by atoms with van der Waals surface area (Å²) in [6.07, 6.45) is 3.21. The summed E-state index contributed by atoms with van der Waals surface area (Å²) in [6, 6.07) is 15.3. The van der Waals surface area contributed by atoms with Crippen LogP contribution in [0.3, 0.4) is 0 Å². The van der Waals surface area contributed by atoms with Crippen LogP contribution in [0.1, 0.15) is 19.3 Å². The van der Waals surface area contributed by atoms with E-state index in [4.69, 9.17) is 18.9 Å². The van der Waals surface area contributed by atoms with Crippen molar-refractivity contribution in [1.29, 1.82) is 0 Å². The number of hydrogen-bond acceptors (Lipinski definition) is 4. The molecule has 2 aromatic rings. The molecule has 128 valence electrons. The average Bonchev–Trinajstić information content (AvgIpc) is 2.63. The molecule has 5 heteroatoms. The van der Waals surface area contributed by atoms with E-state index in [1.807, 2.05) is 48.5 Å². The molecule has 0 amide bonds. The molecule has 0 aromatic heterocycles. The minimum Gasteiger partial charge on any atom is -0.491 e. The van der Waals surface area contributed by atoms with E-state index < -0.39 is 0 Å². The molecule has 0 saturated carbocycles. The molecule has 1 aliphatic rings. The predicted octanol–water partition coefficient (Wildman–Crippen LogP) is 5.16. The maximum atomic E-state index is 5.78. The van der Waals surface area contributed by atoms with Gasteiger partial charge in [0.25, 0.3) is 0 Å². The van der Waals surface area contributed by atoms with Crippen molar-refractivity contribution < 1.29 is 18.9 Å². The van der Waals surface area contributed by atoms with Crippen LogP contribution in [0.15, 0.2) is 53.0 Å². The van der Waals surface area contributed by atoms with E-state index in [1.54, 1.807) is 0 Å². The first-order valence-electron chi connectivity index (χ1n) is 8.19. The Hall–Kier alpha value is -1.56. The maximum absolute atomic E-state index is 5.78. The van der Waals surface area contributed by atoms with Gasteiger partial charge in [-0.1, -0.05) is 15.9 Å². The number of hydrogen-bond donors (Lipinski definition) is 0.